The normalized spacial score (nSPS) is 14.2. The van der Waals surface area contributed by atoms with E-state index in [-0.39, 0.29) is 6.04 Å². The van der Waals surface area contributed by atoms with Crippen LogP contribution in [0.5, 0.6) is 0 Å². The number of hydrogen-bond acceptors (Lipinski definition) is 2. The number of aromatic nitrogens is 4. The number of allylic oxidation sites excluding steroid dienone is 5. The molecule has 4 nitrogen and oxygen atoms in total. The minimum atomic E-state index is 0.130. The molecular formula is C53H40N4. The van der Waals surface area contributed by atoms with Crippen LogP contribution >= 0.6 is 0 Å². The predicted molar refractivity (Wildman–Crippen MR) is 240 cm³/mol. The Morgan fingerprint density at radius 2 is 1.39 bits per heavy atom. The number of hydrogen-bond donors (Lipinski definition) is 0. The van der Waals surface area contributed by atoms with Crippen molar-refractivity contribution < 1.29 is 0 Å². The maximum atomic E-state index is 5.11. The summed E-state index contributed by atoms with van der Waals surface area (Å²) in [4.78, 5) is 10.1. The first-order chi connectivity index (χ1) is 28.2. The maximum absolute atomic E-state index is 5.11. The molecule has 1 aliphatic carbocycles. The average molecular weight is 733 g/mol. The Kier molecular flexibility index (Phi) is 8.65. The zero-order valence-corrected chi connectivity index (χ0v) is 31.8. The first-order valence-corrected chi connectivity index (χ1v) is 19.6. The predicted octanol–water partition coefficient (Wildman–Crippen LogP) is 13.8. The third kappa shape index (κ3) is 5.94. The standard InChI is InChI=1S/C53H40N4/c1-3-16-49-43(4-2)45-24-14-23-44(53(45)57(49)41-21-12-7-13-22-41)39-28-31-50-46(33-39)52-51(25-15-32-54-52)56(50)42-29-26-36(27-30-42)40-34-47(37-17-8-5-9-18-37)55-48(35-40)38-19-10-6-11-20-38/h3-29,31-35,42H,2,30H2,1H3/b16-3-. The van der Waals surface area contributed by atoms with E-state index in [1.807, 2.05) is 30.5 Å². The van der Waals surface area contributed by atoms with E-state index in [4.69, 9.17) is 9.97 Å². The topological polar surface area (TPSA) is 35.6 Å². The summed E-state index contributed by atoms with van der Waals surface area (Å²) in [6, 6.07) is 53.9. The van der Waals surface area contributed by atoms with Crippen LogP contribution in [-0.2, 0) is 0 Å². The van der Waals surface area contributed by atoms with Crippen LogP contribution in [0, 0.1) is 0 Å². The third-order valence-corrected chi connectivity index (χ3v) is 11.2. The summed E-state index contributed by atoms with van der Waals surface area (Å²) < 4.78 is 4.84. The van der Waals surface area contributed by atoms with Crippen LogP contribution in [0.15, 0.2) is 189 Å². The van der Waals surface area contributed by atoms with E-state index in [2.05, 4.69) is 186 Å². The second-order valence-electron chi connectivity index (χ2n) is 14.5. The van der Waals surface area contributed by atoms with Gasteiger partial charge in [0.1, 0.15) is 0 Å². The maximum Gasteiger partial charge on any atom is 0.0960 e. The molecule has 5 aromatic carbocycles. The number of para-hydroxylation sites is 2. The van der Waals surface area contributed by atoms with Crippen molar-refractivity contribution in [3.05, 3.63) is 206 Å². The molecule has 0 fully saturated rings. The lowest BCUT2D eigenvalue weighted by atomic mass is 9.94. The van der Waals surface area contributed by atoms with Gasteiger partial charge < -0.3 is 9.13 Å². The molecule has 1 aliphatic rings. The second kappa shape index (κ2) is 14.4. The Balaban J connectivity index is 1.07. The number of benzene rings is 5. The van der Waals surface area contributed by atoms with Crippen LogP contribution in [0.1, 0.15) is 36.2 Å². The molecule has 0 aliphatic heterocycles. The minimum Gasteiger partial charge on any atom is -0.332 e. The highest BCUT2D eigenvalue weighted by molar-refractivity contribution is 6.09. The van der Waals surface area contributed by atoms with E-state index in [9.17, 15) is 0 Å². The van der Waals surface area contributed by atoms with Crippen molar-refractivity contribution in [1.29, 1.82) is 0 Å². The summed E-state index contributed by atoms with van der Waals surface area (Å²) in [7, 11) is 0. The summed E-state index contributed by atoms with van der Waals surface area (Å²) in [5.41, 5.74) is 16.7. The zero-order valence-electron chi connectivity index (χ0n) is 31.8. The molecule has 272 valence electrons. The number of nitrogens with zero attached hydrogens (tertiary/aromatic N) is 4. The van der Waals surface area contributed by atoms with Crippen molar-refractivity contribution in [2.45, 2.75) is 19.4 Å². The highest BCUT2D eigenvalue weighted by Crippen LogP contribution is 2.41. The van der Waals surface area contributed by atoms with Crippen LogP contribution in [0.25, 0.3) is 89.9 Å². The molecule has 0 saturated heterocycles. The quantitative estimate of drug-likeness (QED) is 0.156. The van der Waals surface area contributed by atoms with E-state index >= 15 is 0 Å². The van der Waals surface area contributed by atoms with Gasteiger partial charge in [-0.25, -0.2) is 4.98 Å². The Morgan fingerprint density at radius 3 is 2.05 bits per heavy atom. The first kappa shape index (κ1) is 34.2. The molecule has 0 spiro atoms. The van der Waals surface area contributed by atoms with Crippen molar-refractivity contribution in [2.24, 2.45) is 0 Å². The summed E-state index contributed by atoms with van der Waals surface area (Å²) in [5.74, 6) is 0. The molecule has 0 amide bonds. The summed E-state index contributed by atoms with van der Waals surface area (Å²) in [6.45, 7) is 6.31. The Morgan fingerprint density at radius 1 is 0.667 bits per heavy atom. The van der Waals surface area contributed by atoms with E-state index in [0.29, 0.717) is 0 Å². The van der Waals surface area contributed by atoms with Gasteiger partial charge in [-0.2, -0.15) is 0 Å². The van der Waals surface area contributed by atoms with Gasteiger partial charge in [0.05, 0.1) is 45.2 Å². The largest absolute Gasteiger partial charge is 0.332 e. The van der Waals surface area contributed by atoms with Crippen molar-refractivity contribution in [3.63, 3.8) is 0 Å². The molecule has 10 rings (SSSR count). The summed E-state index contributed by atoms with van der Waals surface area (Å²) in [5, 5.41) is 2.32. The van der Waals surface area contributed by atoms with Crippen LogP contribution < -0.4 is 0 Å². The SMILES string of the molecule is C=Cc1c(/C=C\C)n(-c2ccccc2)c2c(-c3ccc4c(c3)c3ncccc3n4C3C=CC(c4cc(-c5ccccc5)nc(-c5ccccc5)c4)=CC3)cccc12. The molecule has 9 aromatic rings. The van der Waals surface area contributed by atoms with Crippen LogP contribution in [0.3, 0.4) is 0 Å². The molecule has 0 N–H and O–H groups in total. The van der Waals surface area contributed by atoms with Gasteiger partial charge in [0.2, 0.25) is 0 Å². The summed E-state index contributed by atoms with van der Waals surface area (Å²) >= 11 is 0. The second-order valence-corrected chi connectivity index (χ2v) is 14.5. The van der Waals surface area contributed by atoms with Crippen molar-refractivity contribution in [2.75, 3.05) is 0 Å². The molecule has 4 heteroatoms. The molecule has 0 saturated carbocycles. The van der Waals surface area contributed by atoms with Crippen LogP contribution in [0.2, 0.25) is 0 Å². The highest BCUT2D eigenvalue weighted by Gasteiger charge is 2.22. The third-order valence-electron chi connectivity index (χ3n) is 11.2. The van der Waals surface area contributed by atoms with Gasteiger partial charge >= 0.3 is 0 Å². The Labute approximate surface area is 332 Å². The van der Waals surface area contributed by atoms with Gasteiger partial charge in [-0.3, -0.25) is 4.98 Å². The fourth-order valence-electron chi connectivity index (χ4n) is 8.61. The first-order valence-electron chi connectivity index (χ1n) is 19.6. The molecule has 57 heavy (non-hydrogen) atoms. The lowest BCUT2D eigenvalue weighted by Crippen LogP contribution is -2.08. The lowest BCUT2D eigenvalue weighted by molar-refractivity contribution is 0.649. The van der Waals surface area contributed by atoms with Gasteiger partial charge in [0.15, 0.2) is 0 Å². The van der Waals surface area contributed by atoms with Crippen LogP contribution in [0.4, 0.5) is 0 Å². The Hall–Kier alpha value is -7.30. The smallest absolute Gasteiger partial charge is 0.0960 e. The van der Waals surface area contributed by atoms with Crippen LogP contribution in [-0.4, -0.2) is 19.1 Å². The Bertz CT molecular complexity index is 2990. The monoisotopic (exact) mass is 732 g/mol. The summed E-state index contributed by atoms with van der Waals surface area (Å²) in [6.07, 6.45) is 16.1. The van der Waals surface area contributed by atoms with E-state index in [0.717, 1.165) is 78.9 Å². The van der Waals surface area contributed by atoms with Gasteiger partial charge in [-0.15, -0.1) is 0 Å². The molecule has 1 atom stereocenters. The molecule has 4 aromatic heterocycles. The minimum absolute atomic E-state index is 0.130. The van der Waals surface area contributed by atoms with Gasteiger partial charge in [0.25, 0.3) is 0 Å². The molecule has 4 heterocycles. The number of rotatable bonds is 8. The van der Waals surface area contributed by atoms with Crippen molar-refractivity contribution in [3.8, 4) is 39.3 Å². The van der Waals surface area contributed by atoms with Gasteiger partial charge in [-0.1, -0.05) is 140 Å². The molecular weight excluding hydrogens is 693 g/mol. The van der Waals surface area contributed by atoms with E-state index < -0.39 is 0 Å². The number of pyridine rings is 2. The van der Waals surface area contributed by atoms with Gasteiger partial charge in [-0.05, 0) is 84.7 Å². The zero-order chi connectivity index (χ0) is 38.3. The van der Waals surface area contributed by atoms with Crippen molar-refractivity contribution >= 4 is 50.6 Å². The molecule has 1 unspecified atom stereocenters. The molecule has 0 bridgehead atoms. The van der Waals surface area contributed by atoms with E-state index in [1.165, 1.54) is 22.0 Å². The van der Waals surface area contributed by atoms with E-state index in [1.54, 1.807) is 0 Å². The highest BCUT2D eigenvalue weighted by atomic mass is 15.0. The number of fused-ring (bicyclic) bond motifs is 4. The van der Waals surface area contributed by atoms with Gasteiger partial charge in [0, 0.05) is 44.9 Å². The van der Waals surface area contributed by atoms with Crippen molar-refractivity contribution in [1.82, 2.24) is 19.1 Å². The lowest BCUT2D eigenvalue weighted by Gasteiger charge is -2.21. The fraction of sp³-hybridized carbons (Fsp3) is 0.0566. The average Bonchev–Trinajstić information content (AvgIpc) is 3.79. The molecule has 0 radical (unpaired) electrons. The fourth-order valence-corrected chi connectivity index (χ4v) is 8.61.